The van der Waals surface area contributed by atoms with Crippen molar-refractivity contribution in [1.82, 2.24) is 9.80 Å². The number of likely N-dealkylation sites (tertiary alicyclic amines) is 1. The molecule has 0 aliphatic carbocycles. The zero-order valence-corrected chi connectivity index (χ0v) is 14.6. The lowest BCUT2D eigenvalue weighted by molar-refractivity contribution is -0.141. The van der Waals surface area contributed by atoms with Gasteiger partial charge in [-0.25, -0.2) is 0 Å². The first-order valence-corrected chi connectivity index (χ1v) is 8.17. The lowest BCUT2D eigenvalue weighted by atomic mass is 9.86. The Kier molecular flexibility index (Phi) is 6.34. The van der Waals surface area contributed by atoms with Crippen molar-refractivity contribution in [3.8, 4) is 0 Å². The average molecular weight is 334 g/mol. The van der Waals surface area contributed by atoms with Crippen LogP contribution in [0.25, 0.3) is 0 Å². The third-order valence-corrected chi connectivity index (χ3v) is 4.66. The number of aryl methyl sites for hydroxylation is 1. The molecule has 2 rings (SSSR count). The molecule has 1 aliphatic heterocycles. The Hall–Kier alpha value is -1.92. The monoisotopic (exact) mass is 334 g/mol. The number of carbonyl (C=O) groups excluding carboxylic acids is 1. The zero-order chi connectivity index (χ0) is 17.7. The summed E-state index contributed by atoms with van der Waals surface area (Å²) >= 11 is 0. The average Bonchev–Trinajstić information content (AvgIpc) is 2.98. The molecule has 0 spiro atoms. The highest BCUT2D eigenvalue weighted by Crippen LogP contribution is 2.34. The maximum absolute atomic E-state index is 12.5. The zero-order valence-electron chi connectivity index (χ0n) is 14.6. The maximum atomic E-state index is 12.5. The Bertz CT molecular complexity index is 590. The van der Waals surface area contributed by atoms with E-state index in [9.17, 15) is 14.7 Å². The van der Waals surface area contributed by atoms with E-state index in [4.69, 9.17) is 4.74 Å². The Balaban J connectivity index is 2.08. The normalized spacial score (nSPS) is 20.6. The molecule has 1 saturated heterocycles. The summed E-state index contributed by atoms with van der Waals surface area (Å²) in [7, 11) is 3.49. The second-order valence-electron chi connectivity index (χ2n) is 6.44. The molecule has 1 fully saturated rings. The molecule has 132 valence electrons. The largest absolute Gasteiger partial charge is 0.481 e. The van der Waals surface area contributed by atoms with E-state index < -0.39 is 11.9 Å². The topological polar surface area (TPSA) is 70.1 Å². The molecule has 0 unspecified atom stereocenters. The quantitative estimate of drug-likeness (QED) is 0.811. The van der Waals surface area contributed by atoms with Crippen molar-refractivity contribution in [2.45, 2.75) is 12.8 Å². The maximum Gasteiger partial charge on any atom is 0.308 e. The Morgan fingerprint density at radius 2 is 2.04 bits per heavy atom. The van der Waals surface area contributed by atoms with Crippen molar-refractivity contribution in [2.75, 3.05) is 46.9 Å². The summed E-state index contributed by atoms with van der Waals surface area (Å²) in [5.41, 5.74) is 2.09. The summed E-state index contributed by atoms with van der Waals surface area (Å²) in [6.45, 7) is 4.21. The fourth-order valence-corrected chi connectivity index (χ4v) is 3.23. The lowest BCUT2D eigenvalue weighted by Crippen LogP contribution is -2.39. The van der Waals surface area contributed by atoms with E-state index in [1.807, 2.05) is 43.1 Å². The summed E-state index contributed by atoms with van der Waals surface area (Å²) in [5, 5.41) is 9.57. The summed E-state index contributed by atoms with van der Waals surface area (Å²) in [6.07, 6.45) is 0. The number of ether oxygens (including phenoxy) is 1. The van der Waals surface area contributed by atoms with Crippen LogP contribution in [-0.2, 0) is 14.3 Å². The number of nitrogens with zero attached hydrogens (tertiary/aromatic N) is 2. The molecular weight excluding hydrogens is 308 g/mol. The van der Waals surface area contributed by atoms with Gasteiger partial charge >= 0.3 is 5.97 Å². The van der Waals surface area contributed by atoms with E-state index in [-0.39, 0.29) is 24.9 Å². The van der Waals surface area contributed by atoms with Gasteiger partial charge in [-0.3, -0.25) is 14.5 Å². The number of carboxylic acids is 1. The minimum atomic E-state index is -0.841. The van der Waals surface area contributed by atoms with Crippen molar-refractivity contribution in [1.29, 1.82) is 0 Å². The third kappa shape index (κ3) is 4.33. The second-order valence-corrected chi connectivity index (χ2v) is 6.44. The number of carbonyl (C=O) groups is 2. The van der Waals surface area contributed by atoms with Gasteiger partial charge in [0.15, 0.2) is 0 Å². The lowest BCUT2D eigenvalue weighted by Gasteiger charge is -2.21. The van der Waals surface area contributed by atoms with E-state index in [1.54, 1.807) is 12.0 Å². The minimum absolute atomic E-state index is 0.0315. The number of hydrogen-bond donors (Lipinski definition) is 1. The molecule has 1 N–H and O–H groups in total. The first-order valence-electron chi connectivity index (χ1n) is 8.17. The van der Waals surface area contributed by atoms with Gasteiger partial charge in [0, 0.05) is 32.7 Å². The van der Waals surface area contributed by atoms with Crippen LogP contribution in [0.15, 0.2) is 24.3 Å². The van der Waals surface area contributed by atoms with Crippen LogP contribution in [0, 0.1) is 12.8 Å². The number of hydrogen-bond acceptors (Lipinski definition) is 4. The molecule has 1 aliphatic rings. The van der Waals surface area contributed by atoms with Gasteiger partial charge in [-0.1, -0.05) is 24.3 Å². The van der Waals surface area contributed by atoms with Gasteiger partial charge in [-0.15, -0.1) is 0 Å². The van der Waals surface area contributed by atoms with Crippen LogP contribution < -0.4 is 0 Å². The highest BCUT2D eigenvalue weighted by atomic mass is 16.5. The molecule has 0 saturated carbocycles. The van der Waals surface area contributed by atoms with Crippen molar-refractivity contribution in [3.05, 3.63) is 35.4 Å². The molecular formula is C18H26N2O4. The molecule has 2 atom stereocenters. The first kappa shape index (κ1) is 18.4. The molecule has 0 bridgehead atoms. The van der Waals surface area contributed by atoms with Crippen LogP contribution in [0.4, 0.5) is 0 Å². The second kappa shape index (κ2) is 8.26. The van der Waals surface area contributed by atoms with E-state index in [0.29, 0.717) is 19.7 Å². The van der Waals surface area contributed by atoms with Crippen molar-refractivity contribution in [3.63, 3.8) is 0 Å². The number of methoxy groups -OCH3 is 1. The standard InChI is InChI=1S/C18H26N2O4/c1-13-6-4-5-7-14(13)15-10-20(11-16(15)18(22)23)17(21)12-19(2)8-9-24-3/h4-7,15-16H,8-12H2,1-3H3,(H,22,23)/t15-,16+/m1/s1. The predicted molar refractivity (Wildman–Crippen MR) is 91.0 cm³/mol. The number of carboxylic acid groups (broad SMARTS) is 1. The molecule has 24 heavy (non-hydrogen) atoms. The van der Waals surface area contributed by atoms with Gasteiger partial charge in [-0.05, 0) is 25.1 Å². The summed E-state index contributed by atoms with van der Waals surface area (Å²) in [5.74, 6) is -1.58. The number of rotatable bonds is 7. The summed E-state index contributed by atoms with van der Waals surface area (Å²) in [4.78, 5) is 27.7. The van der Waals surface area contributed by atoms with Gasteiger partial charge in [0.1, 0.15) is 0 Å². The first-order chi connectivity index (χ1) is 11.4. The van der Waals surface area contributed by atoms with Crippen LogP contribution in [0.5, 0.6) is 0 Å². The summed E-state index contributed by atoms with van der Waals surface area (Å²) < 4.78 is 5.01. The fourth-order valence-electron chi connectivity index (χ4n) is 3.23. The number of aliphatic carboxylic acids is 1. The summed E-state index contributed by atoms with van der Waals surface area (Å²) in [6, 6.07) is 7.81. The van der Waals surface area contributed by atoms with Gasteiger partial charge in [0.2, 0.25) is 5.91 Å². The van der Waals surface area contributed by atoms with Gasteiger partial charge in [-0.2, -0.15) is 0 Å². The van der Waals surface area contributed by atoms with Crippen LogP contribution in [0.2, 0.25) is 0 Å². The van der Waals surface area contributed by atoms with Crippen molar-refractivity contribution in [2.24, 2.45) is 5.92 Å². The molecule has 1 aromatic rings. The molecule has 0 aromatic heterocycles. The Morgan fingerprint density at radius 3 is 2.67 bits per heavy atom. The molecule has 1 aromatic carbocycles. The van der Waals surface area contributed by atoms with Crippen molar-refractivity contribution < 1.29 is 19.4 Å². The molecule has 6 heteroatoms. The Morgan fingerprint density at radius 1 is 1.33 bits per heavy atom. The van der Waals surface area contributed by atoms with E-state index in [1.165, 1.54) is 0 Å². The highest BCUT2D eigenvalue weighted by Gasteiger charge is 2.40. The Labute approximate surface area is 143 Å². The predicted octanol–water partition coefficient (Wildman–Crippen LogP) is 1.20. The van der Waals surface area contributed by atoms with Gasteiger partial charge < -0.3 is 14.7 Å². The van der Waals surface area contributed by atoms with E-state index in [0.717, 1.165) is 11.1 Å². The molecule has 1 amide bonds. The van der Waals surface area contributed by atoms with Gasteiger partial charge in [0.25, 0.3) is 0 Å². The van der Waals surface area contributed by atoms with E-state index >= 15 is 0 Å². The molecule has 6 nitrogen and oxygen atoms in total. The molecule has 1 heterocycles. The van der Waals surface area contributed by atoms with Crippen molar-refractivity contribution >= 4 is 11.9 Å². The van der Waals surface area contributed by atoms with Crippen LogP contribution in [-0.4, -0.2) is 73.7 Å². The number of likely N-dealkylation sites (N-methyl/N-ethyl adjacent to an activating group) is 1. The number of amides is 1. The smallest absolute Gasteiger partial charge is 0.308 e. The molecule has 0 radical (unpaired) electrons. The van der Waals surface area contributed by atoms with Crippen LogP contribution in [0.3, 0.4) is 0 Å². The van der Waals surface area contributed by atoms with E-state index in [2.05, 4.69) is 0 Å². The van der Waals surface area contributed by atoms with Gasteiger partial charge in [0.05, 0.1) is 19.1 Å². The number of benzene rings is 1. The van der Waals surface area contributed by atoms with Crippen LogP contribution >= 0.6 is 0 Å². The fraction of sp³-hybridized carbons (Fsp3) is 0.556. The SMILES string of the molecule is COCCN(C)CC(=O)N1C[C@H](C(=O)O)[C@@H](c2ccccc2C)C1. The van der Waals surface area contributed by atoms with Crippen LogP contribution in [0.1, 0.15) is 17.0 Å². The minimum Gasteiger partial charge on any atom is -0.481 e. The highest BCUT2D eigenvalue weighted by molar-refractivity contribution is 5.81. The third-order valence-electron chi connectivity index (χ3n) is 4.66.